The average molecular weight is 499 g/mol. The summed E-state index contributed by atoms with van der Waals surface area (Å²) in [6.45, 7) is 7.51. The number of amides is 1. The normalized spacial score (nSPS) is 14.8. The number of rotatable bonds is 5. The van der Waals surface area contributed by atoms with Crippen molar-refractivity contribution in [1.29, 1.82) is 0 Å². The lowest BCUT2D eigenvalue weighted by Crippen LogP contribution is -2.49. The number of benzene rings is 3. The maximum atomic E-state index is 13.0. The molecular formula is C30H30N2O5. The Kier molecular flexibility index (Phi) is 6.46. The summed E-state index contributed by atoms with van der Waals surface area (Å²) in [4.78, 5) is 40.5. The van der Waals surface area contributed by atoms with Gasteiger partial charge in [-0.25, -0.2) is 9.59 Å². The highest BCUT2D eigenvalue weighted by Gasteiger charge is 2.31. The van der Waals surface area contributed by atoms with Crippen LogP contribution in [0.25, 0.3) is 11.1 Å². The molecule has 1 N–H and O–H groups in total. The van der Waals surface area contributed by atoms with Gasteiger partial charge in [-0.15, -0.1) is 0 Å². The van der Waals surface area contributed by atoms with Crippen LogP contribution in [0.3, 0.4) is 0 Å². The van der Waals surface area contributed by atoms with Crippen molar-refractivity contribution in [1.82, 2.24) is 4.90 Å². The first-order valence-corrected chi connectivity index (χ1v) is 12.5. The van der Waals surface area contributed by atoms with Crippen molar-refractivity contribution in [2.24, 2.45) is 0 Å². The molecule has 0 unspecified atom stereocenters. The van der Waals surface area contributed by atoms with Crippen molar-refractivity contribution in [3.05, 3.63) is 87.5 Å². The number of aromatic carboxylic acids is 1. The first-order valence-electron chi connectivity index (χ1n) is 12.5. The molecule has 2 aliphatic rings. The fourth-order valence-corrected chi connectivity index (χ4v) is 5.99. The van der Waals surface area contributed by atoms with Gasteiger partial charge >= 0.3 is 12.1 Å². The number of aldehydes is 1. The summed E-state index contributed by atoms with van der Waals surface area (Å²) in [6.07, 6.45) is 0.381. The van der Waals surface area contributed by atoms with Gasteiger partial charge in [0.1, 0.15) is 6.61 Å². The molecule has 1 aliphatic carbocycles. The third-order valence-electron chi connectivity index (χ3n) is 7.79. The second kappa shape index (κ2) is 9.73. The predicted octanol–water partition coefficient (Wildman–Crippen LogP) is 5.19. The maximum absolute atomic E-state index is 13.0. The number of fused-ring (bicyclic) bond motifs is 3. The highest BCUT2D eigenvalue weighted by Crippen LogP contribution is 2.44. The fourth-order valence-electron chi connectivity index (χ4n) is 5.99. The Labute approximate surface area is 216 Å². The Morgan fingerprint density at radius 1 is 0.892 bits per heavy atom. The van der Waals surface area contributed by atoms with Crippen LogP contribution in [0.4, 0.5) is 10.5 Å². The molecule has 7 heteroatoms. The Balaban J connectivity index is 1.28. The SMILES string of the molecule is Cc1c(C=O)c(C)c(N2CCN(C(=O)OCC3c4ccccc4-c4ccccc43)CC2)c(C)c1C(=O)O. The average Bonchev–Trinajstić information content (AvgIpc) is 3.21. The van der Waals surface area contributed by atoms with E-state index in [0.29, 0.717) is 42.9 Å². The van der Waals surface area contributed by atoms with Gasteiger partial charge in [0.15, 0.2) is 6.29 Å². The molecule has 5 rings (SSSR count). The zero-order chi connectivity index (χ0) is 26.3. The largest absolute Gasteiger partial charge is 0.478 e. The van der Waals surface area contributed by atoms with Crippen LogP contribution < -0.4 is 4.90 Å². The summed E-state index contributed by atoms with van der Waals surface area (Å²) in [5.41, 5.74) is 7.96. The molecule has 0 atom stereocenters. The first-order chi connectivity index (χ1) is 17.8. The number of carboxylic acid groups (broad SMARTS) is 1. The molecule has 3 aromatic carbocycles. The van der Waals surface area contributed by atoms with E-state index in [1.54, 1.807) is 18.7 Å². The molecule has 37 heavy (non-hydrogen) atoms. The maximum Gasteiger partial charge on any atom is 0.409 e. The quantitative estimate of drug-likeness (QED) is 0.487. The number of carboxylic acids is 1. The smallest absolute Gasteiger partial charge is 0.409 e. The standard InChI is InChI=1S/C30H30N2O5/c1-18-25(16-33)19(2)28(20(3)27(18)29(34)35)31-12-14-32(15-13-31)30(36)37-17-26-23-10-6-4-8-21(23)22-9-5-7-11-24(22)26/h4-11,16,26H,12-15,17H2,1-3H3,(H,34,35). The van der Waals surface area contributed by atoms with Gasteiger partial charge in [-0.1, -0.05) is 48.5 Å². The number of hydrogen-bond donors (Lipinski definition) is 1. The van der Waals surface area contributed by atoms with E-state index in [-0.39, 0.29) is 24.2 Å². The van der Waals surface area contributed by atoms with Gasteiger partial charge < -0.3 is 19.6 Å². The summed E-state index contributed by atoms with van der Waals surface area (Å²) in [5.74, 6) is -1.04. The summed E-state index contributed by atoms with van der Waals surface area (Å²) in [6, 6.07) is 16.5. The first kappa shape index (κ1) is 24.6. The van der Waals surface area contributed by atoms with Crippen LogP contribution in [0.5, 0.6) is 0 Å². The third-order valence-corrected chi connectivity index (χ3v) is 7.79. The van der Waals surface area contributed by atoms with E-state index in [2.05, 4.69) is 29.2 Å². The van der Waals surface area contributed by atoms with Crippen LogP contribution in [0, 0.1) is 20.8 Å². The van der Waals surface area contributed by atoms with E-state index in [0.717, 1.165) is 17.5 Å². The van der Waals surface area contributed by atoms with E-state index >= 15 is 0 Å². The summed E-state index contributed by atoms with van der Waals surface area (Å²) < 4.78 is 5.81. The number of piperazine rings is 1. The molecule has 7 nitrogen and oxygen atoms in total. The highest BCUT2D eigenvalue weighted by atomic mass is 16.6. The zero-order valence-corrected chi connectivity index (χ0v) is 21.3. The molecule has 1 heterocycles. The monoisotopic (exact) mass is 498 g/mol. The van der Waals surface area contributed by atoms with E-state index in [1.807, 2.05) is 31.2 Å². The van der Waals surface area contributed by atoms with Gasteiger partial charge in [-0.3, -0.25) is 4.79 Å². The highest BCUT2D eigenvalue weighted by molar-refractivity contribution is 5.98. The Bertz CT molecular complexity index is 1360. The molecule has 0 saturated carbocycles. The topological polar surface area (TPSA) is 87.2 Å². The Hall–Kier alpha value is -4.13. The lowest BCUT2D eigenvalue weighted by Gasteiger charge is -2.38. The minimum atomic E-state index is -1.04. The lowest BCUT2D eigenvalue weighted by molar-refractivity contribution is 0.0695. The molecule has 190 valence electrons. The van der Waals surface area contributed by atoms with Crippen molar-refractivity contribution in [2.75, 3.05) is 37.7 Å². The van der Waals surface area contributed by atoms with Crippen molar-refractivity contribution >= 4 is 24.0 Å². The van der Waals surface area contributed by atoms with Crippen molar-refractivity contribution < 1.29 is 24.2 Å². The predicted molar refractivity (Wildman–Crippen MR) is 142 cm³/mol. The number of nitrogens with zero attached hydrogens (tertiary/aromatic N) is 2. The Morgan fingerprint density at radius 3 is 2.00 bits per heavy atom. The molecule has 0 spiro atoms. The van der Waals surface area contributed by atoms with Gasteiger partial charge in [0.05, 0.1) is 5.56 Å². The minimum absolute atomic E-state index is 0.00620. The second-order valence-corrected chi connectivity index (χ2v) is 9.71. The van der Waals surface area contributed by atoms with Gasteiger partial charge in [0.2, 0.25) is 0 Å². The van der Waals surface area contributed by atoms with E-state index in [1.165, 1.54) is 22.3 Å². The molecule has 3 aromatic rings. The van der Waals surface area contributed by atoms with Gasteiger partial charge in [-0.05, 0) is 59.7 Å². The zero-order valence-electron chi connectivity index (χ0n) is 21.3. The number of anilines is 1. The van der Waals surface area contributed by atoms with Crippen LogP contribution >= 0.6 is 0 Å². The summed E-state index contributed by atoms with van der Waals surface area (Å²) in [5, 5.41) is 9.76. The Morgan fingerprint density at radius 2 is 1.46 bits per heavy atom. The van der Waals surface area contributed by atoms with Crippen LogP contribution in [0.1, 0.15) is 54.5 Å². The van der Waals surface area contributed by atoms with Crippen LogP contribution in [0.2, 0.25) is 0 Å². The van der Waals surface area contributed by atoms with Crippen LogP contribution in [-0.4, -0.2) is 61.1 Å². The van der Waals surface area contributed by atoms with Crippen LogP contribution in [-0.2, 0) is 4.74 Å². The number of carbonyl (C=O) groups is 3. The lowest BCUT2D eigenvalue weighted by atomic mass is 9.91. The molecule has 1 fully saturated rings. The summed E-state index contributed by atoms with van der Waals surface area (Å²) >= 11 is 0. The van der Waals surface area contributed by atoms with Crippen LogP contribution in [0.15, 0.2) is 48.5 Å². The van der Waals surface area contributed by atoms with Gasteiger partial charge in [-0.2, -0.15) is 0 Å². The number of ether oxygens (including phenoxy) is 1. The molecular weight excluding hydrogens is 468 g/mol. The van der Waals surface area contributed by atoms with E-state index < -0.39 is 5.97 Å². The fraction of sp³-hybridized carbons (Fsp3) is 0.300. The molecule has 0 bridgehead atoms. The molecule has 1 aliphatic heterocycles. The van der Waals surface area contributed by atoms with Gasteiger partial charge in [0, 0.05) is 43.3 Å². The van der Waals surface area contributed by atoms with Crippen molar-refractivity contribution in [3.63, 3.8) is 0 Å². The minimum Gasteiger partial charge on any atom is -0.478 e. The molecule has 0 radical (unpaired) electrons. The van der Waals surface area contributed by atoms with Crippen molar-refractivity contribution in [3.8, 4) is 11.1 Å². The molecule has 1 amide bonds. The van der Waals surface area contributed by atoms with E-state index in [9.17, 15) is 19.5 Å². The van der Waals surface area contributed by atoms with Gasteiger partial charge in [0.25, 0.3) is 0 Å². The number of carbonyl (C=O) groups excluding carboxylic acids is 2. The third kappa shape index (κ3) is 4.14. The van der Waals surface area contributed by atoms with Crippen molar-refractivity contribution in [2.45, 2.75) is 26.7 Å². The molecule has 1 saturated heterocycles. The molecule has 0 aromatic heterocycles. The number of hydrogen-bond acceptors (Lipinski definition) is 5. The van der Waals surface area contributed by atoms with E-state index in [4.69, 9.17) is 4.74 Å². The summed E-state index contributed by atoms with van der Waals surface area (Å²) in [7, 11) is 0. The second-order valence-electron chi connectivity index (χ2n) is 9.71.